The number of unbranched alkanes of at least 4 members (excludes halogenated alkanes) is 28. The maximum absolute atomic E-state index is 13.0. The Labute approximate surface area is 439 Å². The summed E-state index contributed by atoms with van der Waals surface area (Å²) in [7, 11) is 0. The van der Waals surface area contributed by atoms with Gasteiger partial charge < -0.3 is 45.1 Å². The van der Waals surface area contributed by atoms with Gasteiger partial charge in [-0.15, -0.1) is 0 Å². The second-order valence-corrected chi connectivity index (χ2v) is 20.3. The van der Waals surface area contributed by atoms with E-state index in [2.05, 4.69) is 67.8 Å². The number of hydrogen-bond donors (Lipinski definition) is 6. The Morgan fingerprint density at radius 3 is 1.50 bits per heavy atom. The predicted molar refractivity (Wildman–Crippen MR) is 296 cm³/mol. The Bertz CT molecular complexity index is 1380. The second-order valence-electron chi connectivity index (χ2n) is 20.3. The summed E-state index contributed by atoms with van der Waals surface area (Å²) in [6.07, 6.45) is 54.7. The van der Waals surface area contributed by atoms with Crippen LogP contribution in [0, 0.1) is 0 Å². The van der Waals surface area contributed by atoms with Crippen LogP contribution in [0.5, 0.6) is 0 Å². The molecule has 1 amide bonds. The molecule has 0 aromatic heterocycles. The molecule has 1 saturated heterocycles. The quantitative estimate of drug-likeness (QED) is 0.0195. The summed E-state index contributed by atoms with van der Waals surface area (Å²) in [6.45, 7) is 4.15. The highest BCUT2D eigenvalue weighted by Gasteiger charge is 2.44. The topological polar surface area (TPSA) is 175 Å². The lowest BCUT2D eigenvalue weighted by atomic mass is 9.99. The highest BCUT2D eigenvalue weighted by molar-refractivity contribution is 5.76. The zero-order valence-electron chi connectivity index (χ0n) is 45.9. The predicted octanol–water partition coefficient (Wildman–Crippen LogP) is 13.4. The van der Waals surface area contributed by atoms with Gasteiger partial charge in [-0.25, -0.2) is 0 Å². The fraction of sp³-hybridized carbons (Fsp3) is 0.803. The van der Waals surface area contributed by atoms with Gasteiger partial charge in [-0.3, -0.25) is 9.59 Å². The largest absolute Gasteiger partial charge is 0.465 e. The number of hydrogen-bond acceptors (Lipinski definition) is 10. The molecule has 1 aliphatic heterocycles. The van der Waals surface area contributed by atoms with Crippen molar-refractivity contribution in [1.82, 2.24) is 5.32 Å². The zero-order valence-corrected chi connectivity index (χ0v) is 45.9. The van der Waals surface area contributed by atoms with Gasteiger partial charge >= 0.3 is 5.97 Å². The van der Waals surface area contributed by atoms with E-state index in [4.69, 9.17) is 14.2 Å². The van der Waals surface area contributed by atoms with E-state index >= 15 is 0 Å². The fourth-order valence-corrected chi connectivity index (χ4v) is 8.86. The third kappa shape index (κ3) is 39.8. The van der Waals surface area contributed by atoms with Gasteiger partial charge in [-0.1, -0.05) is 216 Å². The number of ether oxygens (including phenoxy) is 3. The lowest BCUT2D eigenvalue weighted by Gasteiger charge is -2.40. The van der Waals surface area contributed by atoms with Crippen LogP contribution in [0.1, 0.15) is 251 Å². The summed E-state index contributed by atoms with van der Waals surface area (Å²) in [5.74, 6) is -0.259. The molecule has 418 valence electrons. The van der Waals surface area contributed by atoms with E-state index < -0.39 is 49.5 Å². The Hall–Kier alpha value is -2.64. The standard InChI is InChI=1S/C61H109NO10/c1-3-5-7-9-11-13-15-28-31-35-39-43-47-54(64)53(52-71-61-60(69)59(68)58(67)55(51-63)72-61)62-56(65)48-44-40-36-32-29-25-23-21-19-17-16-18-20-22-24-26-30-34-38-42-46-50-70-57(66)49-45-41-37-33-27-14-12-10-8-6-4-2/h10,12,26,28,30-31,38,42-43,47,53-55,58-61,63-64,67-69H,3-9,11,13-25,27,29,32-37,39-41,44-46,48-52H2,1-2H3,(H,62,65)/b12-10-,30-26-,31-28+,42-38-,47-43+. The van der Waals surface area contributed by atoms with Crippen molar-refractivity contribution in [2.75, 3.05) is 19.8 Å². The molecule has 1 rings (SSSR count). The van der Waals surface area contributed by atoms with Crippen LogP contribution in [0.3, 0.4) is 0 Å². The number of allylic oxidation sites excluding steroid dienone is 8. The Balaban J connectivity index is 2.10. The van der Waals surface area contributed by atoms with Crippen LogP contribution < -0.4 is 5.32 Å². The summed E-state index contributed by atoms with van der Waals surface area (Å²) in [4.78, 5) is 25.0. The molecule has 11 nitrogen and oxygen atoms in total. The third-order valence-corrected chi connectivity index (χ3v) is 13.6. The van der Waals surface area contributed by atoms with Crippen molar-refractivity contribution in [2.45, 2.75) is 294 Å². The average molecular weight is 1020 g/mol. The lowest BCUT2D eigenvalue weighted by Crippen LogP contribution is -2.60. The van der Waals surface area contributed by atoms with E-state index in [-0.39, 0.29) is 18.5 Å². The summed E-state index contributed by atoms with van der Waals surface area (Å²) in [5, 5.41) is 54.3. The van der Waals surface area contributed by atoms with Gasteiger partial charge in [0.25, 0.3) is 0 Å². The third-order valence-electron chi connectivity index (χ3n) is 13.6. The average Bonchev–Trinajstić information content (AvgIpc) is 3.38. The highest BCUT2D eigenvalue weighted by Crippen LogP contribution is 2.23. The summed E-state index contributed by atoms with van der Waals surface area (Å²) < 4.78 is 16.6. The number of esters is 1. The van der Waals surface area contributed by atoms with Gasteiger partial charge in [0.1, 0.15) is 24.4 Å². The van der Waals surface area contributed by atoms with Crippen LogP contribution in [0.2, 0.25) is 0 Å². The molecule has 0 bridgehead atoms. The molecule has 0 radical (unpaired) electrons. The number of carbonyl (C=O) groups excluding carboxylic acids is 2. The van der Waals surface area contributed by atoms with E-state index in [1.807, 2.05) is 6.08 Å². The monoisotopic (exact) mass is 1020 g/mol. The maximum atomic E-state index is 13.0. The van der Waals surface area contributed by atoms with Crippen LogP contribution in [0.25, 0.3) is 0 Å². The van der Waals surface area contributed by atoms with Crippen molar-refractivity contribution < 1.29 is 49.3 Å². The van der Waals surface area contributed by atoms with Gasteiger partial charge in [-0.05, 0) is 83.5 Å². The molecule has 1 fully saturated rings. The van der Waals surface area contributed by atoms with Crippen LogP contribution in [-0.4, -0.2) is 100 Å². The summed E-state index contributed by atoms with van der Waals surface area (Å²) in [6, 6.07) is -0.832. The molecule has 0 aliphatic carbocycles. The first kappa shape index (κ1) is 67.4. The number of carbonyl (C=O) groups is 2. The van der Waals surface area contributed by atoms with E-state index in [1.165, 1.54) is 148 Å². The normalized spacial score (nSPS) is 19.5. The van der Waals surface area contributed by atoms with Gasteiger partial charge in [-0.2, -0.15) is 0 Å². The van der Waals surface area contributed by atoms with Crippen LogP contribution in [-0.2, 0) is 23.8 Å². The van der Waals surface area contributed by atoms with E-state index in [0.29, 0.717) is 19.4 Å². The second kappa shape index (κ2) is 50.5. The lowest BCUT2D eigenvalue weighted by molar-refractivity contribution is -0.302. The molecule has 1 aliphatic rings. The van der Waals surface area contributed by atoms with Crippen molar-refractivity contribution in [1.29, 1.82) is 0 Å². The zero-order chi connectivity index (χ0) is 52.4. The van der Waals surface area contributed by atoms with E-state index in [9.17, 15) is 35.1 Å². The van der Waals surface area contributed by atoms with Gasteiger partial charge in [0.15, 0.2) is 6.29 Å². The van der Waals surface area contributed by atoms with Crippen LogP contribution in [0.15, 0.2) is 60.8 Å². The van der Waals surface area contributed by atoms with Crippen LogP contribution >= 0.6 is 0 Å². The molecular formula is C61H109NO10. The maximum Gasteiger partial charge on any atom is 0.305 e. The highest BCUT2D eigenvalue weighted by atomic mass is 16.7. The van der Waals surface area contributed by atoms with Gasteiger partial charge in [0, 0.05) is 12.8 Å². The van der Waals surface area contributed by atoms with Gasteiger partial charge in [0.2, 0.25) is 5.91 Å². The van der Waals surface area contributed by atoms with Crippen molar-refractivity contribution >= 4 is 11.9 Å². The van der Waals surface area contributed by atoms with Crippen molar-refractivity contribution in [2.24, 2.45) is 0 Å². The molecule has 0 aromatic rings. The number of aliphatic hydroxyl groups excluding tert-OH is 5. The minimum absolute atomic E-state index is 0.0608. The first-order valence-corrected chi connectivity index (χ1v) is 29.6. The molecule has 7 unspecified atom stereocenters. The van der Waals surface area contributed by atoms with Crippen LogP contribution in [0.4, 0.5) is 0 Å². The smallest absolute Gasteiger partial charge is 0.305 e. The minimum Gasteiger partial charge on any atom is -0.465 e. The number of nitrogens with one attached hydrogen (secondary N) is 1. The van der Waals surface area contributed by atoms with Crippen molar-refractivity contribution in [3.8, 4) is 0 Å². The minimum atomic E-state index is -1.58. The summed E-state index contributed by atoms with van der Waals surface area (Å²) in [5.41, 5.74) is 0. The molecular weight excluding hydrogens is 907 g/mol. The van der Waals surface area contributed by atoms with Gasteiger partial charge in [0.05, 0.1) is 32.0 Å². The molecule has 7 atom stereocenters. The number of amides is 1. The first-order valence-electron chi connectivity index (χ1n) is 29.6. The number of rotatable bonds is 50. The van der Waals surface area contributed by atoms with E-state index in [0.717, 1.165) is 77.0 Å². The Morgan fingerprint density at radius 2 is 0.958 bits per heavy atom. The molecule has 11 heteroatoms. The number of aliphatic hydroxyl groups is 5. The molecule has 6 N–H and O–H groups in total. The Morgan fingerprint density at radius 1 is 0.514 bits per heavy atom. The fourth-order valence-electron chi connectivity index (χ4n) is 8.86. The molecule has 0 aromatic carbocycles. The first-order chi connectivity index (χ1) is 35.2. The molecule has 1 heterocycles. The Kier molecular flexibility index (Phi) is 47.3. The SMILES string of the molecule is CCCC/C=C\CCCCCCCC(=O)OCC/C=C\C/C=C\CCCCCCCCCCCCCCCCC(=O)NC(COC1OC(CO)C(O)C(O)C1O)C(O)/C=C/CC/C=C/CCCCCCCC. The molecule has 0 spiro atoms. The van der Waals surface area contributed by atoms with Crippen molar-refractivity contribution in [3.63, 3.8) is 0 Å². The van der Waals surface area contributed by atoms with Crippen molar-refractivity contribution in [3.05, 3.63) is 60.8 Å². The molecule has 72 heavy (non-hydrogen) atoms. The summed E-state index contributed by atoms with van der Waals surface area (Å²) >= 11 is 0. The van der Waals surface area contributed by atoms with E-state index in [1.54, 1.807) is 6.08 Å². The molecule has 0 saturated carbocycles.